The van der Waals surface area contributed by atoms with E-state index in [-0.39, 0.29) is 8.99 Å². The smallest absolute Gasteiger partial charge is 0.351 e. The van der Waals surface area contributed by atoms with Gasteiger partial charge in [0.2, 0.25) is 0 Å². The monoisotopic (exact) mass is 369 g/mol. The fourth-order valence-electron chi connectivity index (χ4n) is 1.57. The zero-order valence-corrected chi connectivity index (χ0v) is 11.5. The second-order valence-electron chi connectivity index (χ2n) is 4.38. The molecule has 6 heteroatoms. The van der Waals surface area contributed by atoms with Crippen molar-refractivity contribution in [1.29, 1.82) is 0 Å². The van der Waals surface area contributed by atoms with Crippen LogP contribution in [-0.2, 0) is 6.18 Å². The summed E-state index contributed by atoms with van der Waals surface area (Å²) in [6.45, 7) is 0.415. The molecule has 2 rings (SSSR count). The first-order chi connectivity index (χ1) is 8.32. The van der Waals surface area contributed by atoms with Crippen molar-refractivity contribution in [2.75, 3.05) is 6.54 Å². The third-order valence-electron chi connectivity index (χ3n) is 2.84. The molecule has 0 aromatic heterocycles. The van der Waals surface area contributed by atoms with Crippen LogP contribution in [0.15, 0.2) is 24.3 Å². The van der Waals surface area contributed by atoms with Crippen molar-refractivity contribution in [2.24, 2.45) is 0 Å². The van der Waals surface area contributed by atoms with E-state index in [0.717, 1.165) is 18.9 Å². The molecule has 0 heterocycles. The predicted octanol–water partition coefficient (Wildman–Crippen LogP) is 3.40. The van der Waals surface area contributed by atoms with Gasteiger partial charge in [0, 0.05) is 9.97 Å². The van der Waals surface area contributed by atoms with Gasteiger partial charge < -0.3 is 5.32 Å². The first-order valence-electron chi connectivity index (χ1n) is 5.45. The zero-order valence-electron chi connectivity index (χ0n) is 9.35. The zero-order chi connectivity index (χ0) is 13.4. The van der Waals surface area contributed by atoms with Crippen LogP contribution in [0.4, 0.5) is 13.2 Å². The number of alkyl halides is 4. The van der Waals surface area contributed by atoms with Gasteiger partial charge in [0.15, 0.2) is 0 Å². The summed E-state index contributed by atoms with van der Waals surface area (Å²) in [6.07, 6.45) is -2.51. The van der Waals surface area contributed by atoms with Crippen LogP contribution in [0.3, 0.4) is 0 Å². The first kappa shape index (κ1) is 13.6. The molecular weight excluding hydrogens is 358 g/mol. The molecule has 1 aromatic carbocycles. The fourth-order valence-corrected chi connectivity index (χ4v) is 2.04. The summed E-state index contributed by atoms with van der Waals surface area (Å²) < 4.78 is 38.2. The maximum atomic E-state index is 12.7. The molecule has 1 aliphatic rings. The Hall–Kier alpha value is -0.790. The molecule has 1 fully saturated rings. The first-order valence-corrected chi connectivity index (χ1v) is 6.53. The molecule has 0 spiro atoms. The van der Waals surface area contributed by atoms with Crippen molar-refractivity contribution < 1.29 is 18.0 Å². The summed E-state index contributed by atoms with van der Waals surface area (Å²) in [7, 11) is 0. The number of carbonyl (C=O) groups is 1. The summed E-state index contributed by atoms with van der Waals surface area (Å²) in [5.41, 5.74) is -1.20. The molecule has 98 valence electrons. The number of nitrogens with one attached hydrogen (secondary N) is 1. The lowest BCUT2D eigenvalue weighted by molar-refractivity contribution is -0.137. The Morgan fingerprint density at radius 1 is 1.33 bits per heavy atom. The number of hydrogen-bond acceptors (Lipinski definition) is 1. The van der Waals surface area contributed by atoms with Crippen molar-refractivity contribution in [3.63, 3.8) is 0 Å². The van der Waals surface area contributed by atoms with Crippen LogP contribution in [-0.4, -0.2) is 15.9 Å². The summed E-state index contributed by atoms with van der Waals surface area (Å²) in [4.78, 5) is 11.8. The van der Waals surface area contributed by atoms with E-state index in [9.17, 15) is 18.0 Å². The van der Waals surface area contributed by atoms with Gasteiger partial charge in [-0.2, -0.15) is 13.2 Å². The van der Waals surface area contributed by atoms with Crippen LogP contribution >= 0.6 is 22.6 Å². The van der Waals surface area contributed by atoms with Crippen LogP contribution in [0.2, 0.25) is 0 Å². The number of benzene rings is 1. The molecule has 0 radical (unpaired) electrons. The summed E-state index contributed by atoms with van der Waals surface area (Å²) in [6, 6.07) is 4.83. The van der Waals surface area contributed by atoms with Gasteiger partial charge in [0.25, 0.3) is 5.91 Å². The molecule has 0 bridgehead atoms. The summed E-state index contributed by atoms with van der Waals surface area (Å²) in [5.74, 6) is -0.661. The molecule has 18 heavy (non-hydrogen) atoms. The van der Waals surface area contributed by atoms with Gasteiger partial charge >= 0.3 is 6.18 Å². The SMILES string of the molecule is O=C(NCC1(I)CC1)c1ccccc1C(F)(F)F. The fraction of sp³-hybridized carbons (Fsp3) is 0.417. The van der Waals surface area contributed by atoms with Gasteiger partial charge in [-0.1, -0.05) is 34.7 Å². The Kier molecular flexibility index (Phi) is 3.57. The van der Waals surface area contributed by atoms with E-state index in [2.05, 4.69) is 27.9 Å². The highest BCUT2D eigenvalue weighted by atomic mass is 127. The molecule has 0 aliphatic heterocycles. The lowest BCUT2D eigenvalue weighted by atomic mass is 10.1. The molecule has 1 saturated carbocycles. The van der Waals surface area contributed by atoms with Crippen LogP contribution in [0.5, 0.6) is 0 Å². The van der Waals surface area contributed by atoms with Crippen LogP contribution in [0.1, 0.15) is 28.8 Å². The maximum absolute atomic E-state index is 12.7. The summed E-state index contributed by atoms with van der Waals surface area (Å²) >= 11 is 2.23. The van der Waals surface area contributed by atoms with E-state index in [1.807, 2.05) is 0 Å². The molecule has 1 N–H and O–H groups in total. The Morgan fingerprint density at radius 2 is 1.94 bits per heavy atom. The largest absolute Gasteiger partial charge is 0.417 e. The van der Waals surface area contributed by atoms with Crippen molar-refractivity contribution >= 4 is 28.5 Å². The van der Waals surface area contributed by atoms with Crippen molar-refractivity contribution in [3.8, 4) is 0 Å². The van der Waals surface area contributed by atoms with Crippen molar-refractivity contribution in [1.82, 2.24) is 5.32 Å². The number of hydrogen-bond donors (Lipinski definition) is 1. The van der Waals surface area contributed by atoms with E-state index in [4.69, 9.17) is 0 Å². The van der Waals surface area contributed by atoms with Crippen molar-refractivity contribution in [3.05, 3.63) is 35.4 Å². The average Bonchev–Trinajstić information content (AvgIpc) is 3.04. The Labute approximate surface area is 116 Å². The topological polar surface area (TPSA) is 29.1 Å². The van der Waals surface area contributed by atoms with Gasteiger partial charge in [0.1, 0.15) is 0 Å². The molecule has 1 amide bonds. The van der Waals surface area contributed by atoms with Gasteiger partial charge in [-0.25, -0.2) is 0 Å². The van der Waals surface area contributed by atoms with Gasteiger partial charge in [-0.05, 0) is 25.0 Å². The second kappa shape index (κ2) is 4.71. The molecular formula is C12H11F3INO. The minimum absolute atomic E-state index is 0.0423. The standard InChI is InChI=1S/C12H11F3INO/c13-12(14,15)9-4-2-1-3-8(9)10(18)17-7-11(16)5-6-11/h1-4H,5-7H2,(H,17,18). The highest BCUT2D eigenvalue weighted by molar-refractivity contribution is 14.1. The molecule has 1 aromatic rings. The minimum Gasteiger partial charge on any atom is -0.351 e. The van der Waals surface area contributed by atoms with Crippen LogP contribution < -0.4 is 5.32 Å². The Balaban J connectivity index is 2.14. The molecule has 1 aliphatic carbocycles. The van der Waals surface area contributed by atoms with Gasteiger partial charge in [-0.3, -0.25) is 4.79 Å². The average molecular weight is 369 g/mol. The van der Waals surface area contributed by atoms with Crippen LogP contribution in [0.25, 0.3) is 0 Å². The normalized spacial score (nSPS) is 17.3. The molecule has 0 unspecified atom stereocenters. The number of halogens is 4. The van der Waals surface area contributed by atoms with E-state index >= 15 is 0 Å². The van der Waals surface area contributed by atoms with Crippen molar-refractivity contribution in [2.45, 2.75) is 22.4 Å². The van der Waals surface area contributed by atoms with E-state index in [1.54, 1.807) is 0 Å². The maximum Gasteiger partial charge on any atom is 0.417 e. The number of amides is 1. The van der Waals surface area contributed by atoms with E-state index < -0.39 is 17.6 Å². The van der Waals surface area contributed by atoms with E-state index in [1.165, 1.54) is 18.2 Å². The molecule has 2 nitrogen and oxygen atoms in total. The van der Waals surface area contributed by atoms with Gasteiger partial charge in [-0.15, -0.1) is 0 Å². The lowest BCUT2D eigenvalue weighted by Gasteiger charge is -2.13. The third-order valence-corrected chi connectivity index (χ3v) is 4.30. The summed E-state index contributed by atoms with van der Waals surface area (Å²) in [5, 5.41) is 2.57. The minimum atomic E-state index is -4.50. The predicted molar refractivity (Wildman–Crippen MR) is 69.8 cm³/mol. The van der Waals surface area contributed by atoms with E-state index in [0.29, 0.717) is 6.54 Å². The third kappa shape index (κ3) is 3.15. The van der Waals surface area contributed by atoms with Crippen LogP contribution in [0, 0.1) is 0 Å². The molecule has 0 atom stereocenters. The Bertz CT molecular complexity index is 469. The Morgan fingerprint density at radius 3 is 2.50 bits per heavy atom. The second-order valence-corrected chi connectivity index (χ2v) is 6.67. The van der Waals surface area contributed by atoms with Gasteiger partial charge in [0.05, 0.1) is 11.1 Å². The quantitative estimate of drug-likeness (QED) is 0.642. The highest BCUT2D eigenvalue weighted by Gasteiger charge is 2.40. The number of carbonyl (C=O) groups excluding carboxylic acids is 1. The lowest BCUT2D eigenvalue weighted by Crippen LogP contribution is -2.31. The highest BCUT2D eigenvalue weighted by Crippen LogP contribution is 2.44. The number of rotatable bonds is 3. The molecule has 0 saturated heterocycles.